The predicted octanol–water partition coefficient (Wildman–Crippen LogP) is 3.45. The molecule has 1 heterocycles. The maximum atomic E-state index is 12.5. The van der Waals surface area contributed by atoms with E-state index in [0.29, 0.717) is 10.4 Å². The summed E-state index contributed by atoms with van der Waals surface area (Å²) in [5.74, 6) is -1.11. The second kappa shape index (κ2) is 10.1. The molecule has 0 aliphatic carbocycles. The van der Waals surface area contributed by atoms with Crippen LogP contribution in [-0.2, 0) is 26.1 Å². The van der Waals surface area contributed by atoms with Crippen molar-refractivity contribution in [2.45, 2.75) is 18.4 Å². The Kier molecular flexibility index (Phi) is 7.44. The van der Waals surface area contributed by atoms with E-state index in [4.69, 9.17) is 4.74 Å². The summed E-state index contributed by atoms with van der Waals surface area (Å²) >= 11 is 1.25. The number of nitrogens with one attached hydrogen (secondary N) is 1. The number of aryl methyl sites for hydroxylation is 1. The van der Waals surface area contributed by atoms with E-state index >= 15 is 0 Å². The smallest absolute Gasteiger partial charge is 0.349 e. The van der Waals surface area contributed by atoms with Crippen LogP contribution in [0.3, 0.4) is 0 Å². The van der Waals surface area contributed by atoms with Crippen LogP contribution >= 0.6 is 11.3 Å². The molecular formula is C23H24N2O5S2. The summed E-state index contributed by atoms with van der Waals surface area (Å²) in [5.41, 5.74) is 3.21. The summed E-state index contributed by atoms with van der Waals surface area (Å²) in [5, 5.41) is 4.41. The summed E-state index contributed by atoms with van der Waals surface area (Å²) in [4.78, 5) is 25.3. The fourth-order valence-corrected chi connectivity index (χ4v) is 4.89. The molecule has 0 fully saturated rings. The zero-order valence-electron chi connectivity index (χ0n) is 18.0. The molecule has 0 saturated carbocycles. The van der Waals surface area contributed by atoms with Gasteiger partial charge in [-0.25, -0.2) is 17.5 Å². The number of amides is 1. The highest BCUT2D eigenvalue weighted by atomic mass is 32.2. The highest BCUT2D eigenvalue weighted by molar-refractivity contribution is 7.89. The summed E-state index contributed by atoms with van der Waals surface area (Å²) in [6.45, 7) is 1.51. The van der Waals surface area contributed by atoms with E-state index in [1.54, 1.807) is 23.6 Å². The van der Waals surface area contributed by atoms with Gasteiger partial charge < -0.3 is 10.1 Å². The van der Waals surface area contributed by atoms with Crippen LogP contribution < -0.4 is 5.32 Å². The van der Waals surface area contributed by atoms with Crippen LogP contribution in [0.1, 0.15) is 20.8 Å². The molecule has 168 valence electrons. The number of hydrogen-bond donors (Lipinski definition) is 1. The lowest BCUT2D eigenvalue weighted by Crippen LogP contribution is -2.30. The SMILES string of the molecule is Cc1ccc(-c2ccsc2C(=O)OCC(=O)NCc2ccccc2S(=O)(=O)N(C)C)cc1. The van der Waals surface area contributed by atoms with Gasteiger partial charge in [0.2, 0.25) is 10.0 Å². The van der Waals surface area contributed by atoms with Gasteiger partial charge in [0.1, 0.15) is 4.88 Å². The van der Waals surface area contributed by atoms with E-state index in [-0.39, 0.29) is 11.4 Å². The summed E-state index contributed by atoms with van der Waals surface area (Å²) in [7, 11) is -0.759. The molecule has 3 aromatic rings. The Balaban J connectivity index is 1.61. The molecule has 0 aliphatic heterocycles. The molecule has 0 unspecified atom stereocenters. The molecule has 0 aliphatic rings. The Morgan fingerprint density at radius 1 is 1.03 bits per heavy atom. The molecule has 3 rings (SSSR count). The first-order valence-corrected chi connectivity index (χ1v) is 12.1. The number of esters is 1. The lowest BCUT2D eigenvalue weighted by molar-refractivity contribution is -0.124. The number of thiophene rings is 1. The molecule has 2 aromatic carbocycles. The van der Waals surface area contributed by atoms with Crippen molar-refractivity contribution in [2.75, 3.05) is 20.7 Å². The number of carbonyl (C=O) groups excluding carboxylic acids is 2. The predicted molar refractivity (Wildman–Crippen MR) is 124 cm³/mol. The van der Waals surface area contributed by atoms with Crippen molar-refractivity contribution >= 4 is 33.2 Å². The molecule has 7 nitrogen and oxygen atoms in total. The average molecular weight is 473 g/mol. The largest absolute Gasteiger partial charge is 0.451 e. The number of benzene rings is 2. The first-order chi connectivity index (χ1) is 15.2. The van der Waals surface area contributed by atoms with Crippen LogP contribution in [0.2, 0.25) is 0 Å². The number of carbonyl (C=O) groups is 2. The van der Waals surface area contributed by atoms with Crippen molar-refractivity contribution in [1.29, 1.82) is 0 Å². The summed E-state index contributed by atoms with van der Waals surface area (Å²) in [6.07, 6.45) is 0. The molecule has 0 atom stereocenters. The van der Waals surface area contributed by atoms with Gasteiger partial charge in [0.15, 0.2) is 6.61 Å². The quantitative estimate of drug-likeness (QED) is 0.507. The lowest BCUT2D eigenvalue weighted by Gasteiger charge is -2.15. The fraction of sp³-hybridized carbons (Fsp3) is 0.217. The van der Waals surface area contributed by atoms with Crippen molar-refractivity contribution in [1.82, 2.24) is 9.62 Å². The van der Waals surface area contributed by atoms with Crippen molar-refractivity contribution in [3.63, 3.8) is 0 Å². The van der Waals surface area contributed by atoms with Crippen LogP contribution in [0.25, 0.3) is 11.1 Å². The molecule has 32 heavy (non-hydrogen) atoms. The van der Waals surface area contributed by atoms with Crippen LogP contribution in [0, 0.1) is 6.92 Å². The number of nitrogens with zero attached hydrogens (tertiary/aromatic N) is 1. The number of ether oxygens (including phenoxy) is 1. The molecule has 0 saturated heterocycles. The average Bonchev–Trinajstić information content (AvgIpc) is 3.26. The number of rotatable bonds is 8. The van der Waals surface area contributed by atoms with Gasteiger partial charge in [0.25, 0.3) is 5.91 Å². The van der Waals surface area contributed by atoms with Gasteiger partial charge in [0, 0.05) is 26.2 Å². The van der Waals surface area contributed by atoms with Crippen LogP contribution in [0.15, 0.2) is 64.9 Å². The Morgan fingerprint density at radius 3 is 2.41 bits per heavy atom. The summed E-state index contributed by atoms with van der Waals surface area (Å²) < 4.78 is 31.2. The van der Waals surface area contributed by atoms with Crippen molar-refractivity contribution in [2.24, 2.45) is 0 Å². The monoisotopic (exact) mass is 472 g/mol. The Labute approximate surface area is 191 Å². The van der Waals surface area contributed by atoms with Crippen LogP contribution in [0.4, 0.5) is 0 Å². The Bertz CT molecular complexity index is 1220. The van der Waals surface area contributed by atoms with E-state index < -0.39 is 28.5 Å². The molecule has 0 bridgehead atoms. The third kappa shape index (κ3) is 5.42. The molecule has 9 heteroatoms. The molecule has 0 spiro atoms. The number of hydrogen-bond acceptors (Lipinski definition) is 6. The van der Waals surface area contributed by atoms with E-state index in [0.717, 1.165) is 21.0 Å². The van der Waals surface area contributed by atoms with Crippen molar-refractivity contribution in [3.8, 4) is 11.1 Å². The minimum absolute atomic E-state index is 0.00670. The normalized spacial score (nSPS) is 11.4. The third-order valence-electron chi connectivity index (χ3n) is 4.75. The highest BCUT2D eigenvalue weighted by Gasteiger charge is 2.21. The lowest BCUT2D eigenvalue weighted by atomic mass is 10.1. The van der Waals surface area contributed by atoms with Gasteiger partial charge in [-0.3, -0.25) is 4.79 Å². The van der Waals surface area contributed by atoms with E-state index in [1.165, 1.54) is 31.5 Å². The maximum Gasteiger partial charge on any atom is 0.349 e. The molecular weight excluding hydrogens is 448 g/mol. The van der Waals surface area contributed by atoms with Gasteiger partial charge in [-0.2, -0.15) is 0 Å². The highest BCUT2D eigenvalue weighted by Crippen LogP contribution is 2.29. The van der Waals surface area contributed by atoms with Gasteiger partial charge in [-0.15, -0.1) is 11.3 Å². The van der Waals surface area contributed by atoms with Crippen LogP contribution in [-0.4, -0.2) is 45.3 Å². The van der Waals surface area contributed by atoms with E-state index in [1.807, 2.05) is 37.3 Å². The third-order valence-corrected chi connectivity index (χ3v) is 7.56. The molecule has 1 aromatic heterocycles. The Morgan fingerprint density at radius 2 is 1.72 bits per heavy atom. The zero-order valence-corrected chi connectivity index (χ0v) is 19.6. The first-order valence-electron chi connectivity index (χ1n) is 9.79. The van der Waals surface area contributed by atoms with Gasteiger partial charge in [0.05, 0.1) is 4.90 Å². The van der Waals surface area contributed by atoms with Gasteiger partial charge in [-0.05, 0) is 35.6 Å². The molecule has 1 N–H and O–H groups in total. The first kappa shape index (κ1) is 23.6. The fourth-order valence-electron chi connectivity index (χ4n) is 2.97. The Hall–Kier alpha value is -3.01. The van der Waals surface area contributed by atoms with Crippen LogP contribution in [0.5, 0.6) is 0 Å². The zero-order chi connectivity index (χ0) is 23.3. The van der Waals surface area contributed by atoms with Gasteiger partial charge >= 0.3 is 5.97 Å². The minimum atomic E-state index is -3.65. The number of sulfonamides is 1. The summed E-state index contributed by atoms with van der Waals surface area (Å²) in [6, 6.07) is 16.1. The van der Waals surface area contributed by atoms with Gasteiger partial charge in [-0.1, -0.05) is 48.0 Å². The van der Waals surface area contributed by atoms with Crippen molar-refractivity contribution < 1.29 is 22.7 Å². The topological polar surface area (TPSA) is 92.8 Å². The standard InChI is InChI=1S/C23H24N2O5S2/c1-16-8-10-17(11-9-16)19-12-13-31-22(19)23(27)30-15-21(26)24-14-18-6-4-5-7-20(18)32(28,29)25(2)3/h4-13H,14-15H2,1-3H3,(H,24,26). The second-order valence-electron chi connectivity index (χ2n) is 7.28. The molecule has 0 radical (unpaired) electrons. The van der Waals surface area contributed by atoms with Crippen molar-refractivity contribution in [3.05, 3.63) is 76.0 Å². The van der Waals surface area contributed by atoms with E-state index in [2.05, 4.69) is 5.32 Å². The molecule has 1 amide bonds. The minimum Gasteiger partial charge on any atom is -0.451 e. The van der Waals surface area contributed by atoms with E-state index in [9.17, 15) is 18.0 Å². The second-order valence-corrected chi connectivity index (χ2v) is 10.3. The maximum absolute atomic E-state index is 12.5.